The molecule has 0 bridgehead atoms. The molecule has 3 fully saturated rings. The van der Waals surface area contributed by atoms with Crippen LogP contribution in [-0.4, -0.2) is 49.7 Å². The van der Waals surface area contributed by atoms with Crippen LogP contribution >= 0.6 is 0 Å². The Bertz CT molecular complexity index is 1140. The topological polar surface area (TPSA) is 108 Å². The molecule has 3 aliphatic rings. The number of nitrogens with zero attached hydrogens (tertiary/aromatic N) is 3. The maximum Gasteiger partial charge on any atom is 0.254 e. The monoisotopic (exact) mass is 389 g/mol. The van der Waals surface area contributed by atoms with Gasteiger partial charge in [-0.2, -0.15) is 5.10 Å². The number of likely N-dealkylation sites (tertiary alicyclic amines) is 1. The number of aromatic amines is 1. The van der Waals surface area contributed by atoms with Crippen LogP contribution in [0.15, 0.2) is 30.3 Å². The average Bonchev–Trinajstić information content (AvgIpc) is 3.06. The predicted octanol–water partition coefficient (Wildman–Crippen LogP) is 2.45. The van der Waals surface area contributed by atoms with Crippen molar-refractivity contribution in [1.29, 1.82) is 0 Å². The number of pyridine rings is 1. The molecule has 2 unspecified atom stereocenters. The summed E-state index contributed by atoms with van der Waals surface area (Å²) >= 11 is 0. The fourth-order valence-corrected chi connectivity index (χ4v) is 6.05. The molecule has 0 radical (unpaired) electrons. The van der Waals surface area contributed by atoms with Gasteiger partial charge in [0.25, 0.3) is 5.91 Å². The number of carbonyl (C=O) groups is 1. The second-order valence-electron chi connectivity index (χ2n) is 9.05. The lowest BCUT2D eigenvalue weighted by atomic mass is 9.42. The standard InChI is InChI=1S/C22H23N5O2/c1-11-18-16(21(29)27-9-13-7-22(23)8-14(10-27)19(13)22)6-17(24-20(18)26-25-11)12-2-4-15(28)5-3-12/h2-6,13-14,19,28H,7-10,23H2,1H3,(H,24,25,26). The van der Waals surface area contributed by atoms with Crippen LogP contribution < -0.4 is 5.73 Å². The van der Waals surface area contributed by atoms with Gasteiger partial charge in [-0.05, 0) is 67.9 Å². The first-order chi connectivity index (χ1) is 13.9. The predicted molar refractivity (Wildman–Crippen MR) is 108 cm³/mol. The highest BCUT2D eigenvalue weighted by Gasteiger charge is 2.65. The third-order valence-corrected chi connectivity index (χ3v) is 7.26. The third kappa shape index (κ3) is 2.31. The number of amides is 1. The van der Waals surface area contributed by atoms with E-state index in [2.05, 4.69) is 15.2 Å². The van der Waals surface area contributed by atoms with E-state index in [1.165, 1.54) is 0 Å². The smallest absolute Gasteiger partial charge is 0.254 e. The molecular formula is C22H23N5O2. The van der Waals surface area contributed by atoms with E-state index >= 15 is 0 Å². The van der Waals surface area contributed by atoms with Gasteiger partial charge in [0.2, 0.25) is 0 Å². The summed E-state index contributed by atoms with van der Waals surface area (Å²) in [6.45, 7) is 3.49. The SMILES string of the molecule is Cc1[nH]nc2nc(-c3ccc(O)cc3)cc(C(=O)N3CC4CC5(N)CC(C3)C45)c12. The first kappa shape index (κ1) is 17.0. The minimum atomic E-state index is 0.0433. The van der Waals surface area contributed by atoms with Gasteiger partial charge in [-0.3, -0.25) is 9.89 Å². The Hall–Kier alpha value is -2.93. The van der Waals surface area contributed by atoms with Crippen LogP contribution in [0.3, 0.4) is 0 Å². The number of aryl methyl sites for hydroxylation is 1. The number of aromatic nitrogens is 3. The van der Waals surface area contributed by atoms with Crippen LogP contribution in [0.5, 0.6) is 5.75 Å². The molecule has 6 rings (SSSR count). The third-order valence-electron chi connectivity index (χ3n) is 7.26. The number of phenols is 1. The maximum absolute atomic E-state index is 13.6. The van der Waals surface area contributed by atoms with Crippen LogP contribution in [0.4, 0.5) is 0 Å². The van der Waals surface area contributed by atoms with Gasteiger partial charge in [0.05, 0.1) is 16.6 Å². The van der Waals surface area contributed by atoms with Gasteiger partial charge in [-0.15, -0.1) is 0 Å². The zero-order chi connectivity index (χ0) is 19.9. The van der Waals surface area contributed by atoms with Crippen molar-refractivity contribution in [3.8, 4) is 17.0 Å². The zero-order valence-corrected chi connectivity index (χ0v) is 16.2. The number of hydrogen-bond donors (Lipinski definition) is 3. The van der Waals surface area contributed by atoms with E-state index in [9.17, 15) is 9.90 Å². The van der Waals surface area contributed by atoms with E-state index in [0.717, 1.165) is 42.6 Å². The summed E-state index contributed by atoms with van der Waals surface area (Å²) in [5.74, 6) is 1.92. The number of carbonyl (C=O) groups excluding carboxylic acids is 1. The second-order valence-corrected chi connectivity index (χ2v) is 9.05. The summed E-state index contributed by atoms with van der Waals surface area (Å²) < 4.78 is 0. The highest BCUT2D eigenvalue weighted by Crippen LogP contribution is 2.61. The average molecular weight is 389 g/mol. The van der Waals surface area contributed by atoms with E-state index in [0.29, 0.717) is 34.7 Å². The van der Waals surface area contributed by atoms with Crippen molar-refractivity contribution >= 4 is 16.9 Å². The van der Waals surface area contributed by atoms with Crippen LogP contribution in [0.25, 0.3) is 22.3 Å². The number of nitrogens with two attached hydrogens (primary N) is 1. The number of aromatic hydroxyl groups is 1. The lowest BCUT2D eigenvalue weighted by molar-refractivity contribution is -0.156. The normalized spacial score (nSPS) is 29.9. The van der Waals surface area contributed by atoms with E-state index in [4.69, 9.17) is 5.73 Å². The summed E-state index contributed by atoms with van der Waals surface area (Å²) in [6, 6.07) is 8.70. The summed E-state index contributed by atoms with van der Waals surface area (Å²) in [5.41, 5.74) is 10.0. The summed E-state index contributed by atoms with van der Waals surface area (Å²) in [7, 11) is 0. The van der Waals surface area contributed by atoms with Crippen molar-refractivity contribution in [3.05, 3.63) is 41.6 Å². The molecule has 1 aliphatic heterocycles. The number of phenolic OH excluding ortho intramolecular Hbond substituents is 1. The van der Waals surface area contributed by atoms with E-state index in [1.807, 2.05) is 17.9 Å². The van der Waals surface area contributed by atoms with Gasteiger partial charge in [-0.25, -0.2) is 4.98 Å². The van der Waals surface area contributed by atoms with Crippen molar-refractivity contribution in [2.24, 2.45) is 23.5 Å². The Kier molecular flexibility index (Phi) is 3.26. The molecular weight excluding hydrogens is 366 g/mol. The first-order valence-corrected chi connectivity index (χ1v) is 10.2. The van der Waals surface area contributed by atoms with Crippen LogP contribution in [0.2, 0.25) is 0 Å². The lowest BCUT2D eigenvalue weighted by Crippen LogP contribution is -2.77. The zero-order valence-electron chi connectivity index (χ0n) is 16.2. The van der Waals surface area contributed by atoms with Crippen molar-refractivity contribution in [1.82, 2.24) is 20.1 Å². The fraction of sp³-hybridized carbons (Fsp3) is 0.409. The fourth-order valence-electron chi connectivity index (χ4n) is 6.05. The van der Waals surface area contributed by atoms with Gasteiger partial charge in [0.15, 0.2) is 5.65 Å². The van der Waals surface area contributed by atoms with E-state index in [-0.39, 0.29) is 17.2 Å². The molecule has 3 aromatic rings. The molecule has 1 aromatic carbocycles. The number of nitrogens with one attached hydrogen (secondary N) is 1. The number of rotatable bonds is 2. The molecule has 0 spiro atoms. The Morgan fingerprint density at radius 3 is 2.59 bits per heavy atom. The molecule has 2 aromatic heterocycles. The summed E-state index contributed by atoms with van der Waals surface area (Å²) in [6.07, 6.45) is 2.07. The molecule has 2 atom stereocenters. The molecule has 2 aliphatic carbocycles. The van der Waals surface area contributed by atoms with Gasteiger partial charge >= 0.3 is 0 Å². The Labute approximate surface area is 167 Å². The minimum Gasteiger partial charge on any atom is -0.508 e. The molecule has 7 heteroatoms. The van der Waals surface area contributed by atoms with E-state index in [1.54, 1.807) is 24.3 Å². The van der Waals surface area contributed by atoms with Crippen molar-refractivity contribution < 1.29 is 9.90 Å². The highest BCUT2D eigenvalue weighted by molar-refractivity contribution is 6.07. The van der Waals surface area contributed by atoms with Crippen molar-refractivity contribution in [2.75, 3.05) is 13.1 Å². The number of hydrogen-bond acceptors (Lipinski definition) is 5. The van der Waals surface area contributed by atoms with Crippen molar-refractivity contribution in [2.45, 2.75) is 25.3 Å². The number of benzene rings is 1. The highest BCUT2D eigenvalue weighted by atomic mass is 16.3. The number of piperidine rings is 1. The lowest BCUT2D eigenvalue weighted by Gasteiger charge is -2.69. The number of H-pyrrole nitrogens is 1. The van der Waals surface area contributed by atoms with Gasteiger partial charge in [-0.1, -0.05) is 0 Å². The van der Waals surface area contributed by atoms with Crippen LogP contribution in [0, 0.1) is 24.7 Å². The molecule has 7 nitrogen and oxygen atoms in total. The van der Waals surface area contributed by atoms with Gasteiger partial charge in [0.1, 0.15) is 5.75 Å². The molecule has 2 saturated carbocycles. The summed E-state index contributed by atoms with van der Waals surface area (Å²) in [5, 5.41) is 17.6. The quantitative estimate of drug-likeness (QED) is 0.624. The molecule has 4 N–H and O–H groups in total. The van der Waals surface area contributed by atoms with Gasteiger partial charge in [0, 0.05) is 29.9 Å². The molecule has 1 saturated heterocycles. The van der Waals surface area contributed by atoms with Crippen molar-refractivity contribution in [3.63, 3.8) is 0 Å². The molecule has 1 amide bonds. The Morgan fingerprint density at radius 2 is 1.93 bits per heavy atom. The van der Waals surface area contributed by atoms with E-state index < -0.39 is 0 Å². The van der Waals surface area contributed by atoms with Crippen LogP contribution in [0.1, 0.15) is 28.9 Å². The summed E-state index contributed by atoms with van der Waals surface area (Å²) in [4.78, 5) is 20.3. The largest absolute Gasteiger partial charge is 0.508 e. The van der Waals surface area contributed by atoms with Gasteiger partial charge < -0.3 is 15.7 Å². The van der Waals surface area contributed by atoms with Crippen LogP contribution in [-0.2, 0) is 0 Å². The Morgan fingerprint density at radius 1 is 1.24 bits per heavy atom. The molecule has 29 heavy (non-hydrogen) atoms. The Balaban J connectivity index is 1.40. The minimum absolute atomic E-state index is 0.0433. The second kappa shape index (κ2) is 5.57. The number of fused-ring (bicyclic) bond motifs is 1. The molecule has 3 heterocycles. The maximum atomic E-state index is 13.6. The first-order valence-electron chi connectivity index (χ1n) is 10.2. The molecule has 148 valence electrons.